The minimum atomic E-state index is -0.493. The van der Waals surface area contributed by atoms with E-state index in [-0.39, 0.29) is 5.69 Å². The lowest BCUT2D eigenvalue weighted by Crippen LogP contribution is -2.23. The summed E-state index contributed by atoms with van der Waals surface area (Å²) in [5, 5.41) is 23.5. The summed E-state index contributed by atoms with van der Waals surface area (Å²) < 4.78 is 2.15. The summed E-state index contributed by atoms with van der Waals surface area (Å²) in [7, 11) is 0. The average molecular weight is 245 g/mol. The fraction of sp³-hybridized carbons (Fsp3) is 0.400. The van der Waals surface area contributed by atoms with Crippen LogP contribution in [0.5, 0.6) is 0 Å². The molecule has 0 unspecified atom stereocenters. The predicted molar refractivity (Wildman–Crippen MR) is 59.6 cm³/mol. The minimum Gasteiger partial charge on any atom is -0.243 e. The lowest BCUT2D eigenvalue weighted by molar-refractivity contribution is 0.236. The number of hydrogen-bond donors (Lipinski definition) is 0. The van der Waals surface area contributed by atoms with Gasteiger partial charge in [-0.2, -0.15) is 14.6 Å². The van der Waals surface area contributed by atoms with E-state index in [0.717, 1.165) is 22.2 Å². The van der Waals surface area contributed by atoms with E-state index in [9.17, 15) is 4.79 Å². The Bertz CT molecular complexity index is 578. The summed E-state index contributed by atoms with van der Waals surface area (Å²) in [4.78, 5) is 12.0. The maximum absolute atomic E-state index is 12.0. The zero-order chi connectivity index (χ0) is 13.0. The van der Waals surface area contributed by atoms with Crippen LogP contribution in [0.1, 0.15) is 31.2 Å². The summed E-state index contributed by atoms with van der Waals surface area (Å²) in [6.07, 6.45) is 5.19. The lowest BCUT2D eigenvalue weighted by Gasteiger charge is -2.03. The van der Waals surface area contributed by atoms with Crippen molar-refractivity contribution in [3.63, 3.8) is 0 Å². The predicted octanol–water partition coefficient (Wildman–Crippen LogP) is 0.600. The third kappa shape index (κ3) is 2.10. The van der Waals surface area contributed by atoms with Crippen molar-refractivity contribution in [2.75, 3.05) is 0 Å². The Morgan fingerprint density at radius 2 is 2.33 bits per heavy atom. The molecule has 0 amide bonds. The molecule has 92 valence electrons. The minimum absolute atomic E-state index is 0.178. The Balaban J connectivity index is 2.36. The summed E-state index contributed by atoms with van der Waals surface area (Å²) in [6.45, 7) is 2.03. The van der Waals surface area contributed by atoms with Crippen LogP contribution in [0.2, 0.25) is 0 Å². The summed E-state index contributed by atoms with van der Waals surface area (Å²) >= 11 is 0. The van der Waals surface area contributed by atoms with Crippen LogP contribution in [0, 0.1) is 11.3 Å². The van der Waals surface area contributed by atoms with Crippen molar-refractivity contribution in [1.82, 2.24) is 30.0 Å². The third-order valence-electron chi connectivity index (χ3n) is 2.44. The molecule has 0 aliphatic rings. The summed E-state index contributed by atoms with van der Waals surface area (Å²) in [5.74, 6) is 0. The lowest BCUT2D eigenvalue weighted by atomic mass is 10.2. The van der Waals surface area contributed by atoms with Crippen LogP contribution in [0.15, 0.2) is 12.4 Å². The second-order valence-corrected chi connectivity index (χ2v) is 3.64. The zero-order valence-electron chi connectivity index (χ0n) is 9.81. The van der Waals surface area contributed by atoms with Gasteiger partial charge in [0, 0.05) is 0 Å². The van der Waals surface area contributed by atoms with Gasteiger partial charge in [0.05, 0.1) is 18.1 Å². The fourth-order valence-corrected chi connectivity index (χ4v) is 1.52. The van der Waals surface area contributed by atoms with Crippen LogP contribution in [-0.4, -0.2) is 36.0 Å². The molecule has 0 radical (unpaired) electrons. The molecule has 0 bridgehead atoms. The molecule has 2 aromatic heterocycles. The molecule has 0 fully saturated rings. The van der Waals surface area contributed by atoms with Crippen molar-refractivity contribution in [1.29, 1.82) is 5.26 Å². The molecule has 2 aromatic rings. The molecule has 8 nitrogen and oxygen atoms in total. The SMILES string of the molecule is CCCCc1c(C#N)nnn1C(=O)n1ccnn1. The Morgan fingerprint density at radius 3 is 2.94 bits per heavy atom. The van der Waals surface area contributed by atoms with Crippen LogP contribution in [-0.2, 0) is 6.42 Å². The van der Waals surface area contributed by atoms with E-state index in [1.807, 2.05) is 13.0 Å². The quantitative estimate of drug-likeness (QED) is 0.784. The highest BCUT2D eigenvalue weighted by molar-refractivity contribution is 5.78. The highest BCUT2D eigenvalue weighted by atomic mass is 16.2. The summed E-state index contributed by atoms with van der Waals surface area (Å²) in [6, 6.07) is 1.44. The monoisotopic (exact) mass is 245 g/mol. The Hall–Kier alpha value is -2.56. The van der Waals surface area contributed by atoms with Gasteiger partial charge in [-0.15, -0.1) is 10.2 Å². The molecule has 0 saturated heterocycles. The number of aromatic nitrogens is 6. The average Bonchev–Trinajstić information content (AvgIpc) is 3.04. The van der Waals surface area contributed by atoms with E-state index in [0.29, 0.717) is 12.1 Å². The maximum atomic E-state index is 12.0. The maximum Gasteiger partial charge on any atom is 0.372 e. The van der Waals surface area contributed by atoms with Gasteiger partial charge in [-0.1, -0.05) is 23.8 Å². The van der Waals surface area contributed by atoms with Crippen LogP contribution in [0.25, 0.3) is 0 Å². The number of hydrogen-bond acceptors (Lipinski definition) is 6. The molecule has 0 aliphatic heterocycles. The normalized spacial score (nSPS) is 10.2. The first kappa shape index (κ1) is 11.9. The number of nitrogens with zero attached hydrogens (tertiary/aromatic N) is 7. The second-order valence-electron chi connectivity index (χ2n) is 3.64. The van der Waals surface area contributed by atoms with Gasteiger partial charge < -0.3 is 0 Å². The van der Waals surface area contributed by atoms with Crippen molar-refractivity contribution in [2.24, 2.45) is 0 Å². The van der Waals surface area contributed by atoms with Crippen LogP contribution >= 0.6 is 0 Å². The fourth-order valence-electron chi connectivity index (χ4n) is 1.52. The Morgan fingerprint density at radius 1 is 1.50 bits per heavy atom. The van der Waals surface area contributed by atoms with Gasteiger partial charge in [-0.3, -0.25) is 0 Å². The number of unbranched alkanes of at least 4 members (excludes halogenated alkanes) is 1. The molecule has 8 heteroatoms. The summed E-state index contributed by atoms with van der Waals surface area (Å²) in [5.41, 5.74) is 0.691. The molecule has 0 aliphatic carbocycles. The molecular weight excluding hydrogens is 234 g/mol. The molecule has 2 heterocycles. The third-order valence-corrected chi connectivity index (χ3v) is 2.44. The van der Waals surface area contributed by atoms with Crippen molar-refractivity contribution < 1.29 is 4.79 Å². The van der Waals surface area contributed by atoms with Crippen LogP contribution < -0.4 is 0 Å². The number of carbonyl (C=O) groups excluding carboxylic acids is 1. The smallest absolute Gasteiger partial charge is 0.243 e. The first-order valence-electron chi connectivity index (χ1n) is 5.53. The number of carbonyl (C=O) groups is 1. The van der Waals surface area contributed by atoms with Crippen LogP contribution in [0.3, 0.4) is 0 Å². The van der Waals surface area contributed by atoms with E-state index >= 15 is 0 Å². The van der Waals surface area contributed by atoms with Gasteiger partial charge in [0.15, 0.2) is 5.69 Å². The zero-order valence-corrected chi connectivity index (χ0v) is 9.81. The van der Waals surface area contributed by atoms with E-state index in [1.165, 1.54) is 12.4 Å². The van der Waals surface area contributed by atoms with Crippen molar-refractivity contribution in [2.45, 2.75) is 26.2 Å². The van der Waals surface area contributed by atoms with Crippen molar-refractivity contribution >= 4 is 6.03 Å². The van der Waals surface area contributed by atoms with E-state index in [1.54, 1.807) is 0 Å². The van der Waals surface area contributed by atoms with Crippen molar-refractivity contribution in [3.05, 3.63) is 23.8 Å². The second kappa shape index (κ2) is 5.18. The standard InChI is InChI=1S/C10H11N7O/c1-2-3-4-9-8(7-11)13-15-17(9)10(18)16-6-5-12-14-16/h5-6H,2-4H2,1H3. The van der Waals surface area contributed by atoms with Gasteiger partial charge in [0.25, 0.3) is 0 Å². The van der Waals surface area contributed by atoms with Gasteiger partial charge in [-0.05, 0) is 12.8 Å². The van der Waals surface area contributed by atoms with E-state index in [2.05, 4.69) is 20.6 Å². The molecular formula is C10H11N7O. The molecule has 0 atom stereocenters. The topological polar surface area (TPSA) is 102 Å². The van der Waals surface area contributed by atoms with Gasteiger partial charge in [-0.25, -0.2) is 4.79 Å². The molecule has 18 heavy (non-hydrogen) atoms. The van der Waals surface area contributed by atoms with Crippen molar-refractivity contribution in [3.8, 4) is 6.07 Å². The molecule has 0 aromatic carbocycles. The van der Waals surface area contributed by atoms with E-state index < -0.39 is 6.03 Å². The molecule has 2 rings (SSSR count). The van der Waals surface area contributed by atoms with E-state index in [4.69, 9.17) is 5.26 Å². The molecule has 0 N–H and O–H groups in total. The molecule has 0 saturated carbocycles. The first-order valence-corrected chi connectivity index (χ1v) is 5.53. The van der Waals surface area contributed by atoms with Gasteiger partial charge in [0.1, 0.15) is 6.07 Å². The van der Waals surface area contributed by atoms with Crippen LogP contribution in [0.4, 0.5) is 4.79 Å². The number of nitriles is 1. The largest absolute Gasteiger partial charge is 0.372 e. The Labute approximate surface area is 103 Å². The Kier molecular flexibility index (Phi) is 3.43. The van der Waals surface area contributed by atoms with Gasteiger partial charge >= 0.3 is 6.03 Å². The number of rotatable bonds is 3. The molecule has 0 spiro atoms. The van der Waals surface area contributed by atoms with Gasteiger partial charge in [0.2, 0.25) is 0 Å². The first-order chi connectivity index (χ1) is 8.77. The highest BCUT2D eigenvalue weighted by Gasteiger charge is 2.19. The highest BCUT2D eigenvalue weighted by Crippen LogP contribution is 2.09.